The van der Waals surface area contributed by atoms with E-state index in [9.17, 15) is 40.0 Å². The smallest absolute Gasteiger partial charge is 0.345 e. The van der Waals surface area contributed by atoms with Gasteiger partial charge in [0.05, 0.1) is 5.92 Å². The molecule has 3 aliphatic carbocycles. The number of aryl methyl sites for hydroxylation is 1. The first-order valence-electron chi connectivity index (χ1n) is 9.98. The Balaban J connectivity index is 1.62. The number of nitrogens with one attached hydrogen (secondary N) is 3. The van der Waals surface area contributed by atoms with Crippen LogP contribution in [0.15, 0.2) is 4.90 Å². The predicted octanol–water partition coefficient (Wildman–Crippen LogP) is 2.36. The van der Waals surface area contributed by atoms with Crippen molar-refractivity contribution in [3.8, 4) is 0 Å². The van der Waals surface area contributed by atoms with Crippen LogP contribution in [0.1, 0.15) is 36.1 Å². The molecule has 4 rings (SSSR count). The van der Waals surface area contributed by atoms with E-state index < -0.39 is 58.4 Å². The summed E-state index contributed by atoms with van der Waals surface area (Å²) in [6.07, 6.45) is -7.35. The first-order valence-corrected chi connectivity index (χ1v) is 12.3. The van der Waals surface area contributed by atoms with Crippen LogP contribution in [0.3, 0.4) is 0 Å². The number of carbonyl (C=O) groups excluding carboxylic acids is 2. The molecular formula is C18H20F5N3O4S2. The Labute approximate surface area is 184 Å². The summed E-state index contributed by atoms with van der Waals surface area (Å²) in [6.45, 7) is 0. The summed E-state index contributed by atoms with van der Waals surface area (Å²) < 4.78 is 92.9. The van der Waals surface area contributed by atoms with Crippen molar-refractivity contribution in [1.29, 1.82) is 0 Å². The summed E-state index contributed by atoms with van der Waals surface area (Å²) in [7, 11) is -4.27. The molecule has 2 saturated carbocycles. The third kappa shape index (κ3) is 4.76. The quantitative estimate of drug-likeness (QED) is 0.521. The van der Waals surface area contributed by atoms with E-state index in [2.05, 4.69) is 10.0 Å². The van der Waals surface area contributed by atoms with E-state index in [-0.39, 0.29) is 54.0 Å². The Morgan fingerprint density at radius 3 is 2.28 bits per heavy atom. The summed E-state index contributed by atoms with van der Waals surface area (Å²) in [5.41, 5.74) is 0.195. The molecule has 2 fully saturated rings. The molecular weight excluding hydrogens is 481 g/mol. The SMILES string of the molecule is O=C(Nc1sc2c(c1S(=O)(=O)N[C@H]1C[C@@H](F)C1)C[C@@H](NC(=O)C(F)(F)F)CC2)[C@H]1C[C@@H]1F. The van der Waals surface area contributed by atoms with Crippen molar-refractivity contribution in [3.05, 3.63) is 10.4 Å². The summed E-state index contributed by atoms with van der Waals surface area (Å²) in [6, 6.07) is -1.60. The number of fused-ring (bicyclic) bond motifs is 1. The van der Waals surface area contributed by atoms with Crippen molar-refractivity contribution in [1.82, 2.24) is 10.0 Å². The van der Waals surface area contributed by atoms with E-state index in [0.29, 0.717) is 4.88 Å². The van der Waals surface area contributed by atoms with E-state index in [1.54, 1.807) is 0 Å². The normalized spacial score (nSPS) is 29.6. The molecule has 2 amide bonds. The zero-order chi connectivity index (χ0) is 23.4. The van der Waals surface area contributed by atoms with Crippen LogP contribution in [0.2, 0.25) is 0 Å². The maximum Gasteiger partial charge on any atom is 0.471 e. The zero-order valence-corrected chi connectivity index (χ0v) is 18.1. The average molecular weight is 501 g/mol. The van der Waals surface area contributed by atoms with Crippen molar-refractivity contribution >= 4 is 38.2 Å². The van der Waals surface area contributed by atoms with Gasteiger partial charge >= 0.3 is 12.1 Å². The van der Waals surface area contributed by atoms with Crippen molar-refractivity contribution in [2.75, 3.05) is 5.32 Å². The minimum absolute atomic E-state index is 0.0108. The number of halogens is 5. The standard InChI is InChI=1S/C18H20F5N3O4S2/c19-7-3-9(4-7)26-32(29,30)14-11-5-8(24-17(28)18(21,22)23)1-2-13(11)31-16(14)25-15(27)10-6-12(10)20/h7-10,12,26H,1-6H2,(H,24,28)(H,25,27)/t7-,8-,9+,10-,12-/m0/s1. The minimum Gasteiger partial charge on any atom is -0.345 e. The molecule has 1 aromatic heterocycles. The van der Waals surface area contributed by atoms with E-state index in [1.807, 2.05) is 5.32 Å². The fraction of sp³-hybridized carbons (Fsp3) is 0.667. The molecule has 0 aromatic carbocycles. The van der Waals surface area contributed by atoms with Gasteiger partial charge in [-0.1, -0.05) is 0 Å². The van der Waals surface area contributed by atoms with E-state index in [0.717, 1.165) is 11.3 Å². The Hall–Kier alpha value is -1.80. The number of thiophene rings is 1. The van der Waals surface area contributed by atoms with Crippen molar-refractivity contribution in [3.63, 3.8) is 0 Å². The average Bonchev–Trinajstić information content (AvgIpc) is 3.27. The van der Waals surface area contributed by atoms with Crippen LogP contribution in [0, 0.1) is 5.92 Å². The van der Waals surface area contributed by atoms with E-state index in [1.165, 1.54) is 0 Å². The molecule has 0 radical (unpaired) electrons. The number of hydrogen-bond donors (Lipinski definition) is 3. The van der Waals surface area contributed by atoms with Gasteiger partial charge in [0.25, 0.3) is 0 Å². The summed E-state index contributed by atoms with van der Waals surface area (Å²) in [5, 5.41) is 4.26. The van der Waals surface area contributed by atoms with Crippen LogP contribution in [0.25, 0.3) is 0 Å². The lowest BCUT2D eigenvalue weighted by Gasteiger charge is -2.30. The van der Waals surface area contributed by atoms with Gasteiger partial charge in [-0.05, 0) is 44.1 Å². The first kappa shape index (κ1) is 23.4. The molecule has 0 saturated heterocycles. The Morgan fingerprint density at radius 2 is 1.72 bits per heavy atom. The number of hydrogen-bond acceptors (Lipinski definition) is 5. The Kier molecular flexibility index (Phi) is 5.99. The van der Waals surface area contributed by atoms with Gasteiger partial charge < -0.3 is 10.6 Å². The molecule has 3 atom stereocenters. The van der Waals surface area contributed by atoms with Gasteiger partial charge in [-0.3, -0.25) is 9.59 Å². The highest BCUT2D eigenvalue weighted by atomic mass is 32.2. The molecule has 1 aromatic rings. The third-order valence-electron chi connectivity index (χ3n) is 5.76. The fourth-order valence-corrected chi connectivity index (χ4v) is 7.11. The third-order valence-corrected chi connectivity index (χ3v) is 8.73. The second kappa shape index (κ2) is 8.20. The molecule has 0 spiro atoms. The van der Waals surface area contributed by atoms with E-state index in [4.69, 9.17) is 0 Å². The molecule has 0 unspecified atom stereocenters. The number of sulfonamides is 1. The lowest BCUT2D eigenvalue weighted by Crippen LogP contribution is -2.46. The second-order valence-corrected chi connectivity index (χ2v) is 11.1. The Bertz CT molecular complexity index is 1040. The van der Waals surface area contributed by atoms with Crippen LogP contribution in [0.5, 0.6) is 0 Å². The van der Waals surface area contributed by atoms with Gasteiger partial charge in [0, 0.05) is 17.0 Å². The van der Waals surface area contributed by atoms with Crippen LogP contribution in [-0.4, -0.2) is 50.8 Å². The fourth-order valence-electron chi connectivity index (χ4n) is 3.88. The zero-order valence-electron chi connectivity index (χ0n) is 16.5. The lowest BCUT2D eigenvalue weighted by atomic mass is 9.92. The largest absolute Gasteiger partial charge is 0.471 e. The second-order valence-electron chi connectivity index (χ2n) is 8.31. The summed E-state index contributed by atoms with van der Waals surface area (Å²) in [4.78, 5) is 23.8. The molecule has 178 valence electrons. The maximum absolute atomic E-state index is 13.3. The van der Waals surface area contributed by atoms with Gasteiger partial charge in [-0.25, -0.2) is 21.9 Å². The van der Waals surface area contributed by atoms with Crippen LogP contribution < -0.4 is 15.4 Å². The van der Waals surface area contributed by atoms with E-state index >= 15 is 0 Å². The molecule has 0 bridgehead atoms. The van der Waals surface area contributed by atoms with Crippen LogP contribution in [-0.2, 0) is 32.5 Å². The lowest BCUT2D eigenvalue weighted by molar-refractivity contribution is -0.174. The number of alkyl halides is 5. The van der Waals surface area contributed by atoms with Crippen LogP contribution in [0.4, 0.5) is 27.0 Å². The van der Waals surface area contributed by atoms with Gasteiger partial charge in [-0.2, -0.15) is 13.2 Å². The molecule has 0 aliphatic heterocycles. The first-order chi connectivity index (χ1) is 14.8. The molecule has 3 N–H and O–H groups in total. The van der Waals surface area contributed by atoms with Crippen molar-refractivity contribution < 1.29 is 40.0 Å². The number of carbonyl (C=O) groups is 2. The predicted molar refractivity (Wildman–Crippen MR) is 104 cm³/mol. The highest BCUT2D eigenvalue weighted by Crippen LogP contribution is 2.43. The van der Waals surface area contributed by atoms with Crippen molar-refractivity contribution in [2.24, 2.45) is 5.92 Å². The Morgan fingerprint density at radius 1 is 1.06 bits per heavy atom. The minimum atomic E-state index is -5.08. The molecule has 32 heavy (non-hydrogen) atoms. The van der Waals surface area contributed by atoms with Gasteiger partial charge in [-0.15, -0.1) is 11.3 Å². The number of amides is 2. The molecule has 3 aliphatic rings. The van der Waals surface area contributed by atoms with Crippen LogP contribution >= 0.6 is 11.3 Å². The molecule has 7 nitrogen and oxygen atoms in total. The number of rotatable bonds is 6. The highest BCUT2D eigenvalue weighted by molar-refractivity contribution is 7.90. The topological polar surface area (TPSA) is 104 Å². The van der Waals surface area contributed by atoms with Crippen molar-refractivity contribution in [2.45, 2.75) is 74.0 Å². The van der Waals surface area contributed by atoms with Gasteiger partial charge in [0.2, 0.25) is 15.9 Å². The highest BCUT2D eigenvalue weighted by Gasteiger charge is 2.45. The number of anilines is 1. The summed E-state index contributed by atoms with van der Waals surface area (Å²) in [5.74, 6) is -3.68. The molecule has 14 heteroatoms. The maximum atomic E-state index is 13.3. The summed E-state index contributed by atoms with van der Waals surface area (Å²) >= 11 is 0.961. The van der Waals surface area contributed by atoms with Gasteiger partial charge in [0.1, 0.15) is 22.2 Å². The molecule has 1 heterocycles. The monoisotopic (exact) mass is 501 g/mol. The van der Waals surface area contributed by atoms with Gasteiger partial charge in [0.15, 0.2) is 0 Å².